The van der Waals surface area contributed by atoms with Crippen molar-refractivity contribution in [3.63, 3.8) is 0 Å². The molecule has 1 aliphatic carbocycles. The van der Waals surface area contributed by atoms with Gasteiger partial charge in [0, 0.05) is 38.0 Å². The minimum Gasteiger partial charge on any atom is -0.394 e. The Labute approximate surface area is 138 Å². The first kappa shape index (κ1) is 18.4. The van der Waals surface area contributed by atoms with Crippen LogP contribution in [-0.4, -0.2) is 67.2 Å². The first-order chi connectivity index (χ1) is 11.2. The van der Waals surface area contributed by atoms with Gasteiger partial charge in [-0.15, -0.1) is 0 Å². The van der Waals surface area contributed by atoms with Crippen LogP contribution in [0.15, 0.2) is 0 Å². The van der Waals surface area contributed by atoms with E-state index in [-0.39, 0.29) is 24.3 Å². The number of nitrogens with zero attached hydrogens (tertiary/aromatic N) is 1. The van der Waals surface area contributed by atoms with Crippen LogP contribution in [0, 0.1) is 11.8 Å². The van der Waals surface area contributed by atoms with E-state index in [9.17, 15) is 9.59 Å². The van der Waals surface area contributed by atoms with E-state index in [0.29, 0.717) is 38.0 Å². The largest absolute Gasteiger partial charge is 0.394 e. The predicted molar refractivity (Wildman–Crippen MR) is 87.0 cm³/mol. The third-order valence-electron chi connectivity index (χ3n) is 5.08. The number of ether oxygens (including phenoxy) is 1. The monoisotopic (exact) mass is 326 g/mol. The molecule has 0 unspecified atom stereocenters. The molecule has 2 fully saturated rings. The standard InChI is InChI=1S/C17H30N2O4/c1-2-16(21)13-3-5-15(6-4-13)19-11-14(12-19)17(22)18-7-9-23-10-8-20/h13-15,20H,2-12H2,1H3,(H,18,22). The molecule has 2 aliphatic rings. The van der Waals surface area contributed by atoms with Crippen LogP contribution in [0.4, 0.5) is 0 Å². The molecule has 132 valence electrons. The van der Waals surface area contributed by atoms with Crippen LogP contribution < -0.4 is 5.32 Å². The lowest BCUT2D eigenvalue weighted by Gasteiger charge is -2.45. The minimum atomic E-state index is 0.0115. The molecule has 0 radical (unpaired) electrons. The lowest BCUT2D eigenvalue weighted by molar-refractivity contribution is -0.132. The summed E-state index contributed by atoms with van der Waals surface area (Å²) in [6.07, 6.45) is 4.84. The molecule has 0 spiro atoms. The van der Waals surface area contributed by atoms with Gasteiger partial charge in [0.25, 0.3) is 0 Å². The fourth-order valence-corrected chi connectivity index (χ4v) is 3.59. The Morgan fingerprint density at radius 2 is 1.83 bits per heavy atom. The van der Waals surface area contributed by atoms with Gasteiger partial charge in [0.2, 0.25) is 5.91 Å². The van der Waals surface area contributed by atoms with Crippen molar-refractivity contribution in [2.45, 2.75) is 45.1 Å². The zero-order chi connectivity index (χ0) is 16.7. The number of Topliss-reactive ketones (excluding diaryl/α,β-unsaturated/α-hetero) is 1. The lowest BCUT2D eigenvalue weighted by Crippen LogP contribution is -2.58. The Balaban J connectivity index is 1.58. The van der Waals surface area contributed by atoms with Gasteiger partial charge in [-0.05, 0) is 25.7 Å². The van der Waals surface area contributed by atoms with Crippen LogP contribution in [0.3, 0.4) is 0 Å². The highest BCUT2D eigenvalue weighted by Crippen LogP contribution is 2.32. The van der Waals surface area contributed by atoms with Crippen LogP contribution >= 0.6 is 0 Å². The van der Waals surface area contributed by atoms with Crippen molar-refractivity contribution in [3.8, 4) is 0 Å². The zero-order valence-corrected chi connectivity index (χ0v) is 14.1. The highest BCUT2D eigenvalue weighted by atomic mass is 16.5. The normalized spacial score (nSPS) is 25.8. The van der Waals surface area contributed by atoms with Crippen molar-refractivity contribution < 1.29 is 19.4 Å². The summed E-state index contributed by atoms with van der Waals surface area (Å²) >= 11 is 0. The van der Waals surface area contributed by atoms with Crippen molar-refractivity contribution in [2.24, 2.45) is 11.8 Å². The van der Waals surface area contributed by atoms with Gasteiger partial charge < -0.3 is 15.2 Å². The van der Waals surface area contributed by atoms with E-state index < -0.39 is 0 Å². The van der Waals surface area contributed by atoms with E-state index in [4.69, 9.17) is 9.84 Å². The average Bonchev–Trinajstić information content (AvgIpc) is 2.53. The smallest absolute Gasteiger partial charge is 0.225 e. The van der Waals surface area contributed by atoms with Gasteiger partial charge in [-0.3, -0.25) is 14.5 Å². The van der Waals surface area contributed by atoms with Crippen LogP contribution in [0.1, 0.15) is 39.0 Å². The number of carbonyl (C=O) groups is 2. The van der Waals surface area contributed by atoms with Crippen molar-refractivity contribution in [1.29, 1.82) is 0 Å². The fraction of sp³-hybridized carbons (Fsp3) is 0.882. The van der Waals surface area contributed by atoms with Crippen LogP contribution in [0.5, 0.6) is 0 Å². The number of amides is 1. The molecule has 2 rings (SSSR count). The number of carbonyl (C=O) groups excluding carboxylic acids is 2. The molecule has 0 aromatic carbocycles. The maximum Gasteiger partial charge on any atom is 0.225 e. The number of ketones is 1. The molecule has 0 bridgehead atoms. The van der Waals surface area contributed by atoms with Crippen molar-refractivity contribution in [3.05, 3.63) is 0 Å². The Morgan fingerprint density at radius 1 is 1.13 bits per heavy atom. The van der Waals surface area contributed by atoms with Crippen molar-refractivity contribution in [1.82, 2.24) is 10.2 Å². The van der Waals surface area contributed by atoms with Crippen LogP contribution in [-0.2, 0) is 14.3 Å². The summed E-state index contributed by atoms with van der Waals surface area (Å²) in [5.74, 6) is 0.870. The summed E-state index contributed by atoms with van der Waals surface area (Å²) in [5.41, 5.74) is 0. The maximum atomic E-state index is 12.0. The Morgan fingerprint density at radius 3 is 2.43 bits per heavy atom. The Bertz CT molecular complexity index is 388. The summed E-state index contributed by atoms with van der Waals surface area (Å²) in [6.45, 7) is 4.88. The van der Waals surface area contributed by atoms with Crippen LogP contribution in [0.2, 0.25) is 0 Å². The second-order valence-electron chi connectivity index (χ2n) is 6.60. The number of nitrogens with one attached hydrogen (secondary N) is 1. The molecule has 6 nitrogen and oxygen atoms in total. The van der Waals surface area contributed by atoms with Gasteiger partial charge in [0.1, 0.15) is 5.78 Å². The summed E-state index contributed by atoms with van der Waals surface area (Å²) in [4.78, 5) is 26.1. The molecule has 0 aromatic rings. The van der Waals surface area contributed by atoms with Gasteiger partial charge in [0.15, 0.2) is 0 Å². The predicted octanol–water partition coefficient (Wildman–Crippen LogP) is 0.581. The van der Waals surface area contributed by atoms with Gasteiger partial charge in [-0.1, -0.05) is 6.92 Å². The Hall–Kier alpha value is -0.980. The number of hydrogen-bond donors (Lipinski definition) is 2. The minimum absolute atomic E-state index is 0.0115. The molecule has 0 atom stereocenters. The topological polar surface area (TPSA) is 78.9 Å². The number of aliphatic hydroxyl groups excluding tert-OH is 1. The average molecular weight is 326 g/mol. The molecule has 6 heteroatoms. The zero-order valence-electron chi connectivity index (χ0n) is 14.1. The first-order valence-electron chi connectivity index (χ1n) is 8.88. The quantitative estimate of drug-likeness (QED) is 0.606. The number of likely N-dealkylation sites (tertiary alicyclic amines) is 1. The molecule has 0 aromatic heterocycles. The third kappa shape index (κ3) is 5.26. The van der Waals surface area contributed by atoms with Gasteiger partial charge in [-0.2, -0.15) is 0 Å². The van der Waals surface area contributed by atoms with E-state index in [0.717, 1.165) is 38.8 Å². The maximum absolute atomic E-state index is 12.0. The summed E-state index contributed by atoms with van der Waals surface area (Å²) in [5, 5.41) is 11.5. The molecular weight excluding hydrogens is 296 g/mol. The van der Waals surface area contributed by atoms with Crippen molar-refractivity contribution >= 4 is 11.7 Å². The SMILES string of the molecule is CCC(=O)C1CCC(N2CC(C(=O)NCCOCCO)C2)CC1. The fourth-order valence-electron chi connectivity index (χ4n) is 3.59. The lowest BCUT2D eigenvalue weighted by atomic mass is 9.80. The molecule has 2 N–H and O–H groups in total. The van der Waals surface area contributed by atoms with E-state index in [1.54, 1.807) is 0 Å². The molecule has 23 heavy (non-hydrogen) atoms. The number of rotatable bonds is 9. The second-order valence-corrected chi connectivity index (χ2v) is 6.60. The summed E-state index contributed by atoms with van der Waals surface area (Å²) < 4.78 is 5.12. The Kier molecular flexibility index (Phi) is 7.46. The molecule has 1 aliphatic heterocycles. The highest BCUT2D eigenvalue weighted by Gasteiger charge is 2.38. The van der Waals surface area contributed by atoms with E-state index in [1.165, 1.54) is 0 Å². The van der Waals surface area contributed by atoms with Gasteiger partial charge in [-0.25, -0.2) is 0 Å². The van der Waals surface area contributed by atoms with Gasteiger partial charge >= 0.3 is 0 Å². The third-order valence-corrected chi connectivity index (χ3v) is 5.08. The molecule has 1 saturated heterocycles. The van der Waals surface area contributed by atoms with Gasteiger partial charge in [0.05, 0.1) is 25.7 Å². The van der Waals surface area contributed by atoms with E-state index >= 15 is 0 Å². The van der Waals surface area contributed by atoms with E-state index in [2.05, 4.69) is 10.2 Å². The molecule has 1 saturated carbocycles. The molecule has 1 amide bonds. The molecular formula is C17H30N2O4. The first-order valence-corrected chi connectivity index (χ1v) is 8.88. The van der Waals surface area contributed by atoms with E-state index in [1.807, 2.05) is 6.92 Å². The number of aliphatic hydroxyl groups is 1. The summed E-state index contributed by atoms with van der Waals surface area (Å²) in [7, 11) is 0. The van der Waals surface area contributed by atoms with Crippen molar-refractivity contribution in [2.75, 3.05) is 39.5 Å². The second kappa shape index (κ2) is 9.35. The van der Waals surface area contributed by atoms with Crippen LogP contribution in [0.25, 0.3) is 0 Å². The summed E-state index contributed by atoms with van der Waals surface area (Å²) in [6, 6.07) is 0.549. The number of hydrogen-bond acceptors (Lipinski definition) is 5. The molecule has 1 heterocycles. The highest BCUT2D eigenvalue weighted by molar-refractivity contribution is 5.81.